The first-order valence-corrected chi connectivity index (χ1v) is 9.10. The molecule has 0 radical (unpaired) electrons. The molecule has 0 atom stereocenters. The van der Waals surface area contributed by atoms with Crippen LogP contribution < -0.4 is 4.74 Å². The van der Waals surface area contributed by atoms with Crippen LogP contribution in [-0.4, -0.2) is 36.6 Å². The second kappa shape index (κ2) is 5.68. The summed E-state index contributed by atoms with van der Waals surface area (Å²) >= 11 is 0. The van der Waals surface area contributed by atoms with Crippen LogP contribution >= 0.6 is 0 Å². The molecule has 4 saturated carbocycles. The molecule has 4 fully saturated rings. The van der Waals surface area contributed by atoms with Gasteiger partial charge in [0.25, 0.3) is 5.91 Å². The molecule has 0 heterocycles. The predicted molar refractivity (Wildman–Crippen MR) is 92.2 cm³/mol. The summed E-state index contributed by atoms with van der Waals surface area (Å²) < 4.78 is 5.10. The summed E-state index contributed by atoms with van der Waals surface area (Å²) in [6, 6.07) is 4.89. The van der Waals surface area contributed by atoms with Crippen LogP contribution in [-0.2, 0) is 0 Å². The van der Waals surface area contributed by atoms with Crippen molar-refractivity contribution in [3.05, 3.63) is 23.8 Å². The number of aromatic hydroxyl groups is 1. The molecule has 0 saturated heterocycles. The van der Waals surface area contributed by atoms with Crippen LogP contribution in [0.4, 0.5) is 0 Å². The van der Waals surface area contributed by atoms with E-state index in [0.29, 0.717) is 16.7 Å². The van der Waals surface area contributed by atoms with E-state index in [9.17, 15) is 9.90 Å². The van der Waals surface area contributed by atoms with Gasteiger partial charge in [-0.05, 0) is 73.8 Å². The number of carbonyl (C=O) groups excluding carboxylic acids is 1. The van der Waals surface area contributed by atoms with E-state index in [1.165, 1.54) is 44.6 Å². The molecule has 0 unspecified atom stereocenters. The largest absolute Gasteiger partial charge is 0.507 e. The maximum absolute atomic E-state index is 12.8. The average Bonchev–Trinajstić information content (AvgIpc) is 2.52. The van der Waals surface area contributed by atoms with Crippen LogP contribution in [0, 0.1) is 23.2 Å². The Bertz CT molecular complexity index is 619. The van der Waals surface area contributed by atoms with E-state index in [4.69, 9.17) is 4.74 Å². The molecule has 130 valence electrons. The van der Waals surface area contributed by atoms with Gasteiger partial charge in [-0.2, -0.15) is 0 Å². The highest BCUT2D eigenvalue weighted by atomic mass is 16.5. The molecule has 4 aliphatic rings. The Morgan fingerprint density at radius 2 is 1.79 bits per heavy atom. The van der Waals surface area contributed by atoms with Gasteiger partial charge in [0.05, 0.1) is 12.7 Å². The van der Waals surface area contributed by atoms with Crippen molar-refractivity contribution in [1.82, 2.24) is 4.90 Å². The molecular weight excluding hydrogens is 302 g/mol. The maximum Gasteiger partial charge on any atom is 0.257 e. The van der Waals surface area contributed by atoms with Gasteiger partial charge in [0, 0.05) is 19.7 Å². The van der Waals surface area contributed by atoms with Crippen LogP contribution in [0.1, 0.15) is 48.9 Å². The molecule has 0 aliphatic heterocycles. The normalized spacial score (nSPS) is 33.5. The van der Waals surface area contributed by atoms with E-state index in [0.717, 1.165) is 24.3 Å². The minimum Gasteiger partial charge on any atom is -0.507 e. The number of hydrogen-bond donors (Lipinski definition) is 1. The van der Waals surface area contributed by atoms with Crippen LogP contribution in [0.2, 0.25) is 0 Å². The number of phenols is 1. The van der Waals surface area contributed by atoms with E-state index in [-0.39, 0.29) is 11.7 Å². The zero-order valence-corrected chi connectivity index (χ0v) is 14.6. The third-order valence-corrected chi connectivity index (χ3v) is 6.52. The maximum atomic E-state index is 12.8. The third-order valence-electron chi connectivity index (χ3n) is 6.52. The van der Waals surface area contributed by atoms with E-state index >= 15 is 0 Å². The molecule has 1 aromatic carbocycles. The third kappa shape index (κ3) is 2.66. The van der Waals surface area contributed by atoms with Gasteiger partial charge >= 0.3 is 0 Å². The van der Waals surface area contributed by atoms with Crippen molar-refractivity contribution in [3.8, 4) is 11.5 Å². The molecule has 0 aromatic heterocycles. The highest BCUT2D eigenvalue weighted by Crippen LogP contribution is 2.60. The Labute approximate surface area is 143 Å². The lowest BCUT2D eigenvalue weighted by atomic mass is 9.49. The lowest BCUT2D eigenvalue weighted by Gasteiger charge is -2.57. The van der Waals surface area contributed by atoms with E-state index in [1.807, 2.05) is 11.9 Å². The van der Waals surface area contributed by atoms with Crippen molar-refractivity contribution in [1.29, 1.82) is 0 Å². The lowest BCUT2D eigenvalue weighted by molar-refractivity contribution is -0.0629. The number of hydrogen-bond acceptors (Lipinski definition) is 3. The quantitative estimate of drug-likeness (QED) is 0.916. The van der Waals surface area contributed by atoms with Crippen LogP contribution in [0.25, 0.3) is 0 Å². The van der Waals surface area contributed by atoms with Crippen LogP contribution in [0.3, 0.4) is 0 Å². The molecule has 1 aromatic rings. The van der Waals surface area contributed by atoms with Crippen molar-refractivity contribution in [2.45, 2.75) is 38.5 Å². The van der Waals surface area contributed by atoms with Crippen molar-refractivity contribution in [2.24, 2.45) is 23.2 Å². The van der Waals surface area contributed by atoms with E-state index in [1.54, 1.807) is 19.2 Å². The minimum atomic E-state index is -0.0918. The van der Waals surface area contributed by atoms with Crippen molar-refractivity contribution < 1.29 is 14.6 Å². The first kappa shape index (κ1) is 15.8. The average molecular weight is 329 g/mol. The van der Waals surface area contributed by atoms with Crippen molar-refractivity contribution in [3.63, 3.8) is 0 Å². The number of nitrogens with zero attached hydrogens (tertiary/aromatic N) is 1. The van der Waals surface area contributed by atoms with Gasteiger partial charge < -0.3 is 14.7 Å². The zero-order valence-electron chi connectivity index (χ0n) is 14.6. The van der Waals surface area contributed by atoms with Gasteiger partial charge in [0.15, 0.2) is 0 Å². The number of ether oxygens (including phenoxy) is 1. The van der Waals surface area contributed by atoms with Crippen molar-refractivity contribution in [2.75, 3.05) is 20.7 Å². The Kier molecular flexibility index (Phi) is 3.74. The second-order valence-electron chi connectivity index (χ2n) is 8.46. The second-order valence-corrected chi connectivity index (χ2v) is 8.46. The lowest BCUT2D eigenvalue weighted by Crippen LogP contribution is -2.51. The fourth-order valence-electron chi connectivity index (χ4n) is 6.08. The number of carbonyl (C=O) groups is 1. The number of phenolic OH excluding ortho intramolecular Hbond substituents is 1. The number of rotatable bonds is 4. The first-order valence-electron chi connectivity index (χ1n) is 9.10. The molecule has 0 spiro atoms. The molecule has 5 rings (SSSR count). The zero-order chi connectivity index (χ0) is 16.9. The summed E-state index contributed by atoms with van der Waals surface area (Å²) in [7, 11) is 3.43. The summed E-state index contributed by atoms with van der Waals surface area (Å²) in [4.78, 5) is 14.6. The molecule has 4 nitrogen and oxygen atoms in total. The van der Waals surface area contributed by atoms with E-state index in [2.05, 4.69) is 0 Å². The van der Waals surface area contributed by atoms with Crippen LogP contribution in [0.5, 0.6) is 11.5 Å². The summed E-state index contributed by atoms with van der Waals surface area (Å²) in [5.74, 6) is 3.12. The highest BCUT2D eigenvalue weighted by Gasteiger charge is 2.51. The standard InChI is InChI=1S/C20H27NO3/c1-21(19(23)17-4-3-16(24-2)8-18(17)22)12-20-9-13-5-14(10-20)7-15(6-13)11-20/h3-4,8,13-15,22H,5-7,9-12H2,1-2H3. The van der Waals surface area contributed by atoms with Crippen LogP contribution in [0.15, 0.2) is 18.2 Å². The SMILES string of the molecule is COc1ccc(C(=O)N(C)CC23CC4CC(CC(C4)C2)C3)c(O)c1. The number of amides is 1. The van der Waals surface area contributed by atoms with Gasteiger partial charge in [-0.3, -0.25) is 4.79 Å². The summed E-state index contributed by atoms with van der Waals surface area (Å²) in [6.45, 7) is 0.820. The summed E-state index contributed by atoms with van der Waals surface area (Å²) in [6.07, 6.45) is 8.09. The smallest absolute Gasteiger partial charge is 0.257 e. The molecule has 1 amide bonds. The summed E-state index contributed by atoms with van der Waals surface area (Å²) in [5, 5.41) is 10.1. The van der Waals surface area contributed by atoms with Gasteiger partial charge in [-0.15, -0.1) is 0 Å². The Morgan fingerprint density at radius 3 is 2.29 bits per heavy atom. The molecule has 1 N–H and O–H groups in total. The number of benzene rings is 1. The fraction of sp³-hybridized carbons (Fsp3) is 0.650. The van der Waals surface area contributed by atoms with Crippen molar-refractivity contribution >= 4 is 5.91 Å². The van der Waals surface area contributed by atoms with Gasteiger partial charge in [-0.25, -0.2) is 0 Å². The minimum absolute atomic E-state index is 0.00304. The highest BCUT2D eigenvalue weighted by molar-refractivity contribution is 5.96. The number of methoxy groups -OCH3 is 1. The monoisotopic (exact) mass is 329 g/mol. The van der Waals surface area contributed by atoms with Gasteiger partial charge in [0.1, 0.15) is 11.5 Å². The topological polar surface area (TPSA) is 49.8 Å². The van der Waals surface area contributed by atoms with Gasteiger partial charge in [0.2, 0.25) is 0 Å². The Morgan fingerprint density at radius 1 is 1.21 bits per heavy atom. The Balaban J connectivity index is 1.50. The Hall–Kier alpha value is -1.71. The predicted octanol–water partition coefficient (Wildman–Crippen LogP) is 3.69. The first-order chi connectivity index (χ1) is 11.5. The molecule has 4 bridgehead atoms. The fourth-order valence-corrected chi connectivity index (χ4v) is 6.08. The summed E-state index contributed by atoms with van der Waals surface area (Å²) in [5.41, 5.74) is 0.685. The van der Waals surface area contributed by atoms with E-state index < -0.39 is 0 Å². The molecule has 4 heteroatoms. The molecule has 4 aliphatic carbocycles. The molecule has 24 heavy (non-hydrogen) atoms. The molecular formula is C20H27NO3. The van der Waals surface area contributed by atoms with Gasteiger partial charge in [-0.1, -0.05) is 0 Å².